The molecule has 11 heteroatoms. The van der Waals surface area contributed by atoms with Crippen LogP contribution in [-0.4, -0.2) is 36.3 Å². The van der Waals surface area contributed by atoms with E-state index in [1.54, 1.807) is 0 Å². The molecular weight excluding hydrogens is 408 g/mol. The van der Waals surface area contributed by atoms with Gasteiger partial charge in [0.05, 0.1) is 6.61 Å². The molecule has 1 aliphatic carbocycles. The number of nitrogens with one attached hydrogen (secondary N) is 2. The number of ether oxygens (including phenoxy) is 1. The molecule has 0 unspecified atom stereocenters. The first-order valence-corrected chi connectivity index (χ1v) is 10.4. The van der Waals surface area contributed by atoms with Crippen molar-refractivity contribution in [2.75, 3.05) is 11.9 Å². The van der Waals surface area contributed by atoms with E-state index in [0.29, 0.717) is 12.8 Å². The van der Waals surface area contributed by atoms with Gasteiger partial charge in [0.25, 0.3) is 5.91 Å². The van der Waals surface area contributed by atoms with Crippen LogP contribution in [0.4, 0.5) is 14.5 Å². The van der Waals surface area contributed by atoms with Gasteiger partial charge >= 0.3 is 0 Å². The number of hydrogen-bond donors (Lipinski definition) is 3. The van der Waals surface area contributed by atoms with E-state index in [1.165, 1.54) is 23.9 Å². The first-order chi connectivity index (χ1) is 13.6. The topological polar surface area (TPSA) is 110 Å². The molecule has 2 atom stereocenters. The molecule has 1 amide bonds. The third kappa shape index (κ3) is 3.38. The van der Waals surface area contributed by atoms with Gasteiger partial charge in [-0.3, -0.25) is 4.79 Å². The molecule has 0 spiro atoms. The molecule has 1 aromatic carbocycles. The summed E-state index contributed by atoms with van der Waals surface area (Å²) >= 11 is 0. The molecule has 2 aliphatic rings. The van der Waals surface area contributed by atoms with E-state index < -0.39 is 39.2 Å². The molecule has 1 fully saturated rings. The summed E-state index contributed by atoms with van der Waals surface area (Å²) in [5.41, 5.74) is -1.69. The number of anilines is 1. The summed E-state index contributed by atoms with van der Waals surface area (Å²) in [6.07, 6.45) is 2.68. The van der Waals surface area contributed by atoms with Gasteiger partial charge < -0.3 is 19.7 Å². The number of carbonyl (C=O) groups excluding carboxylic acids is 1. The summed E-state index contributed by atoms with van der Waals surface area (Å²) in [5.74, 6) is -3.57. The Hall–Kier alpha value is -2.50. The van der Waals surface area contributed by atoms with Crippen molar-refractivity contribution in [3.05, 3.63) is 41.7 Å². The number of amides is 1. The fourth-order valence-electron chi connectivity index (χ4n) is 3.82. The number of nitrogens with zero attached hydrogens (tertiary/aromatic N) is 1. The van der Waals surface area contributed by atoms with Crippen LogP contribution < -0.4 is 14.8 Å². The Labute approximate surface area is 165 Å². The van der Waals surface area contributed by atoms with Crippen molar-refractivity contribution in [1.82, 2.24) is 9.29 Å². The zero-order valence-corrected chi connectivity index (χ0v) is 16.2. The summed E-state index contributed by atoms with van der Waals surface area (Å²) in [6, 6.07) is 2.87. The highest BCUT2D eigenvalue weighted by molar-refractivity contribution is 7.89. The number of fused-ring (bicyclic) bond motifs is 2. The molecule has 8 nitrogen and oxygen atoms in total. The molecule has 2 aromatic rings. The number of carbonyl (C=O) groups is 1. The average Bonchev–Trinajstić information content (AvgIpc) is 3.14. The van der Waals surface area contributed by atoms with Crippen molar-refractivity contribution in [3.63, 3.8) is 0 Å². The van der Waals surface area contributed by atoms with Gasteiger partial charge in [-0.2, -0.15) is 4.72 Å². The van der Waals surface area contributed by atoms with E-state index >= 15 is 0 Å². The van der Waals surface area contributed by atoms with Gasteiger partial charge in [0.2, 0.25) is 10.0 Å². The second-order valence-corrected chi connectivity index (χ2v) is 8.95. The lowest BCUT2D eigenvalue weighted by molar-refractivity contribution is -0.0263. The Kier molecular flexibility index (Phi) is 4.63. The predicted molar refractivity (Wildman–Crippen MR) is 97.8 cm³/mol. The number of aromatic nitrogens is 1. The molecule has 1 saturated carbocycles. The van der Waals surface area contributed by atoms with E-state index in [2.05, 4.69) is 10.0 Å². The van der Waals surface area contributed by atoms with Crippen molar-refractivity contribution < 1.29 is 31.8 Å². The number of aryl methyl sites for hydroxylation is 1. The molecule has 4 rings (SSSR count). The summed E-state index contributed by atoms with van der Waals surface area (Å²) in [6.45, 7) is 0.0154. The van der Waals surface area contributed by atoms with Gasteiger partial charge in [0, 0.05) is 30.9 Å². The molecule has 2 heterocycles. The average molecular weight is 427 g/mol. The third-order valence-electron chi connectivity index (χ3n) is 5.31. The molecule has 0 radical (unpaired) electrons. The van der Waals surface area contributed by atoms with Gasteiger partial charge in [-0.05, 0) is 31.4 Å². The Balaban J connectivity index is 1.72. The summed E-state index contributed by atoms with van der Waals surface area (Å²) in [7, 11) is -2.71. The summed E-state index contributed by atoms with van der Waals surface area (Å²) in [4.78, 5) is 12.5. The van der Waals surface area contributed by atoms with Gasteiger partial charge in [-0.25, -0.2) is 17.2 Å². The van der Waals surface area contributed by atoms with E-state index in [4.69, 9.17) is 4.74 Å². The highest BCUT2D eigenvalue weighted by Crippen LogP contribution is 2.40. The van der Waals surface area contributed by atoms with E-state index in [-0.39, 0.29) is 35.1 Å². The van der Waals surface area contributed by atoms with Gasteiger partial charge in [-0.15, -0.1) is 0 Å². The highest BCUT2D eigenvalue weighted by Gasteiger charge is 2.47. The number of rotatable bonds is 2. The van der Waals surface area contributed by atoms with E-state index in [9.17, 15) is 27.1 Å². The largest absolute Gasteiger partial charge is 0.489 e. The van der Waals surface area contributed by atoms with Crippen molar-refractivity contribution in [1.29, 1.82) is 0 Å². The molecule has 0 bridgehead atoms. The van der Waals surface area contributed by atoms with Crippen molar-refractivity contribution in [2.24, 2.45) is 13.0 Å². The first-order valence-electron chi connectivity index (χ1n) is 8.95. The fraction of sp³-hybridized carbons (Fsp3) is 0.389. The number of sulfonamides is 1. The van der Waals surface area contributed by atoms with E-state index in [0.717, 1.165) is 12.1 Å². The molecule has 3 N–H and O–H groups in total. The number of benzene rings is 1. The summed E-state index contributed by atoms with van der Waals surface area (Å²) in [5, 5.41) is 13.1. The maximum absolute atomic E-state index is 13.4. The lowest BCUT2D eigenvalue weighted by Crippen LogP contribution is -2.53. The number of halogens is 2. The van der Waals surface area contributed by atoms with Crippen LogP contribution >= 0.6 is 0 Å². The lowest BCUT2D eigenvalue weighted by atomic mass is 10.0. The smallest absolute Gasteiger partial charge is 0.276 e. The third-order valence-corrected chi connectivity index (χ3v) is 6.80. The van der Waals surface area contributed by atoms with Crippen LogP contribution in [0.1, 0.15) is 29.8 Å². The molecule has 1 aliphatic heterocycles. The van der Waals surface area contributed by atoms with Crippen molar-refractivity contribution >= 4 is 21.6 Å². The zero-order valence-electron chi connectivity index (χ0n) is 15.4. The SMILES string of the molecule is Cn1cc2c(c1C(=O)Nc1ccc(F)c(F)c1)OC[C@H]1CCC[C@@]1(O)NS2(=O)=O. The first kappa shape index (κ1) is 19.8. The van der Waals surface area contributed by atoms with Crippen LogP contribution in [0.5, 0.6) is 5.75 Å². The van der Waals surface area contributed by atoms with Crippen LogP contribution in [0.15, 0.2) is 29.3 Å². The predicted octanol–water partition coefficient (Wildman–Crippen LogP) is 1.71. The molecule has 0 saturated heterocycles. The fourth-order valence-corrected chi connectivity index (χ4v) is 5.36. The van der Waals surface area contributed by atoms with Crippen molar-refractivity contribution in [3.8, 4) is 5.75 Å². The van der Waals surface area contributed by atoms with Crippen LogP contribution in [0, 0.1) is 17.6 Å². The van der Waals surface area contributed by atoms with Crippen LogP contribution in [-0.2, 0) is 17.1 Å². The summed E-state index contributed by atoms with van der Waals surface area (Å²) < 4.78 is 61.5. The zero-order chi connectivity index (χ0) is 21.0. The Morgan fingerprint density at radius 2 is 2.14 bits per heavy atom. The molecular formula is C18H19F2N3O5S. The molecule has 1 aromatic heterocycles. The standard InChI is InChI=1S/C18H19F2N3O5S/c1-23-8-14-16(15(23)17(24)21-11-4-5-12(19)13(20)7-11)28-9-10-3-2-6-18(10,25)22-29(14,26)27/h4-5,7-8,10,22,25H,2-3,6,9H2,1H3,(H,21,24)/t10-,18+/m1/s1. The molecule has 29 heavy (non-hydrogen) atoms. The van der Waals surface area contributed by atoms with Gasteiger partial charge in [-0.1, -0.05) is 0 Å². The Bertz CT molecular complexity index is 1100. The quantitative estimate of drug-likeness (QED) is 0.676. The van der Waals surface area contributed by atoms with Crippen LogP contribution in [0.2, 0.25) is 0 Å². The van der Waals surface area contributed by atoms with Crippen LogP contribution in [0.25, 0.3) is 0 Å². The highest BCUT2D eigenvalue weighted by atomic mass is 32.2. The Morgan fingerprint density at radius 3 is 2.86 bits per heavy atom. The Morgan fingerprint density at radius 1 is 1.38 bits per heavy atom. The van der Waals surface area contributed by atoms with Gasteiger partial charge in [0.1, 0.15) is 10.6 Å². The normalized spacial score (nSPS) is 25.3. The minimum Gasteiger partial charge on any atom is -0.489 e. The lowest BCUT2D eigenvalue weighted by Gasteiger charge is -2.32. The maximum atomic E-state index is 13.4. The minimum atomic E-state index is -4.17. The molecule has 156 valence electrons. The number of aliphatic hydroxyl groups is 1. The second kappa shape index (κ2) is 6.78. The minimum absolute atomic E-state index is 0.000782. The van der Waals surface area contributed by atoms with Gasteiger partial charge in [0.15, 0.2) is 23.1 Å². The second-order valence-electron chi connectivity index (χ2n) is 7.29. The monoisotopic (exact) mass is 427 g/mol. The number of hydrogen-bond acceptors (Lipinski definition) is 5. The van der Waals surface area contributed by atoms with Crippen LogP contribution in [0.3, 0.4) is 0 Å². The maximum Gasteiger partial charge on any atom is 0.276 e. The van der Waals surface area contributed by atoms with Crippen molar-refractivity contribution in [2.45, 2.75) is 29.9 Å². The van der Waals surface area contributed by atoms with E-state index in [1.807, 2.05) is 0 Å².